The third-order valence-corrected chi connectivity index (χ3v) is 4.35. The van der Waals surface area contributed by atoms with Gasteiger partial charge in [-0.3, -0.25) is 0 Å². The lowest BCUT2D eigenvalue weighted by atomic mass is 9.93. The van der Waals surface area contributed by atoms with E-state index >= 15 is 0 Å². The Bertz CT molecular complexity index is 491. The van der Waals surface area contributed by atoms with Gasteiger partial charge < -0.3 is 20.5 Å². The van der Waals surface area contributed by atoms with Gasteiger partial charge in [-0.15, -0.1) is 24.0 Å². The Labute approximate surface area is 169 Å². The van der Waals surface area contributed by atoms with Crippen LogP contribution in [0.1, 0.15) is 32.6 Å². The Balaban J connectivity index is 0.00000288. The lowest BCUT2D eigenvalue weighted by molar-refractivity contribution is 0.120. The van der Waals surface area contributed by atoms with Crippen molar-refractivity contribution in [2.75, 3.05) is 19.7 Å². The van der Waals surface area contributed by atoms with Gasteiger partial charge in [-0.25, -0.2) is 4.99 Å². The summed E-state index contributed by atoms with van der Waals surface area (Å²) in [5, 5.41) is 16.3. The van der Waals surface area contributed by atoms with Crippen LogP contribution in [0.15, 0.2) is 33.7 Å². The molecule has 1 aromatic rings. The van der Waals surface area contributed by atoms with Crippen LogP contribution in [0.4, 0.5) is 0 Å². The normalized spacial score (nSPS) is 20.9. The van der Waals surface area contributed by atoms with Crippen molar-refractivity contribution in [2.24, 2.45) is 4.99 Å². The SMILES string of the molecule is CCNC(=NCCOc1ccc(Br)cc1)NC1CCC(O)CC1.I. The summed E-state index contributed by atoms with van der Waals surface area (Å²) < 4.78 is 6.72. The molecule has 0 aromatic heterocycles. The molecule has 1 aliphatic carbocycles. The summed E-state index contributed by atoms with van der Waals surface area (Å²) in [6.07, 6.45) is 3.57. The number of aliphatic hydroxyl groups is 1. The highest BCUT2D eigenvalue weighted by Gasteiger charge is 2.19. The van der Waals surface area contributed by atoms with Crippen LogP contribution in [-0.4, -0.2) is 42.9 Å². The molecule has 0 unspecified atom stereocenters. The Morgan fingerprint density at radius 3 is 2.54 bits per heavy atom. The van der Waals surface area contributed by atoms with Gasteiger partial charge in [0.05, 0.1) is 12.6 Å². The van der Waals surface area contributed by atoms with Crippen LogP contribution in [-0.2, 0) is 0 Å². The fraction of sp³-hybridized carbons (Fsp3) is 0.588. The average Bonchev–Trinajstić information content (AvgIpc) is 2.55. The molecular formula is C17H27BrIN3O2. The summed E-state index contributed by atoms with van der Waals surface area (Å²) in [7, 11) is 0. The third kappa shape index (κ3) is 8.02. The molecule has 2 rings (SSSR count). The number of ether oxygens (including phenoxy) is 1. The van der Waals surface area contributed by atoms with Gasteiger partial charge in [0, 0.05) is 17.1 Å². The van der Waals surface area contributed by atoms with Crippen molar-refractivity contribution < 1.29 is 9.84 Å². The molecule has 0 radical (unpaired) electrons. The van der Waals surface area contributed by atoms with E-state index in [2.05, 4.69) is 38.5 Å². The first-order valence-corrected chi connectivity index (χ1v) is 9.08. The van der Waals surface area contributed by atoms with Gasteiger partial charge >= 0.3 is 0 Å². The Kier molecular flexibility index (Phi) is 10.7. The quantitative estimate of drug-likeness (QED) is 0.237. The zero-order valence-corrected chi connectivity index (χ0v) is 17.9. The summed E-state index contributed by atoms with van der Waals surface area (Å²) in [6.45, 7) is 4.03. The summed E-state index contributed by atoms with van der Waals surface area (Å²) in [4.78, 5) is 4.56. The van der Waals surface area contributed by atoms with Crippen molar-refractivity contribution >= 4 is 45.9 Å². The second-order valence-electron chi connectivity index (χ2n) is 5.71. The standard InChI is InChI=1S/C17H26BrN3O2.HI/c1-2-19-17(21-14-5-7-15(22)8-6-14)20-11-12-23-16-9-3-13(18)4-10-16;/h3-4,9-10,14-15,22H,2,5-8,11-12H2,1H3,(H2,19,20,21);1H. The highest BCUT2D eigenvalue weighted by molar-refractivity contribution is 14.0. The van der Waals surface area contributed by atoms with Crippen LogP contribution in [0.25, 0.3) is 0 Å². The van der Waals surface area contributed by atoms with E-state index in [0.717, 1.165) is 48.4 Å². The molecule has 1 aliphatic rings. The van der Waals surface area contributed by atoms with Crippen molar-refractivity contribution in [3.8, 4) is 5.75 Å². The minimum atomic E-state index is -0.133. The van der Waals surface area contributed by atoms with E-state index in [1.54, 1.807) is 0 Å². The van der Waals surface area contributed by atoms with Crippen LogP contribution in [0.2, 0.25) is 0 Å². The van der Waals surface area contributed by atoms with Crippen LogP contribution < -0.4 is 15.4 Å². The van der Waals surface area contributed by atoms with Gasteiger partial charge in [0.2, 0.25) is 0 Å². The summed E-state index contributed by atoms with van der Waals surface area (Å²) in [5.41, 5.74) is 0. The zero-order valence-electron chi connectivity index (χ0n) is 14.0. The molecule has 0 atom stereocenters. The lowest BCUT2D eigenvalue weighted by Gasteiger charge is -2.27. The van der Waals surface area contributed by atoms with E-state index in [1.165, 1.54) is 0 Å². The topological polar surface area (TPSA) is 65.9 Å². The molecule has 0 aliphatic heterocycles. The Morgan fingerprint density at radius 2 is 1.92 bits per heavy atom. The second-order valence-corrected chi connectivity index (χ2v) is 6.63. The summed E-state index contributed by atoms with van der Waals surface area (Å²) in [5.74, 6) is 1.68. The third-order valence-electron chi connectivity index (χ3n) is 3.83. The lowest BCUT2D eigenvalue weighted by Crippen LogP contribution is -2.45. The molecule has 0 bridgehead atoms. The van der Waals surface area contributed by atoms with E-state index in [9.17, 15) is 5.11 Å². The van der Waals surface area contributed by atoms with Gasteiger partial charge in [-0.05, 0) is 56.9 Å². The van der Waals surface area contributed by atoms with Crippen molar-refractivity contribution in [1.82, 2.24) is 10.6 Å². The van der Waals surface area contributed by atoms with Crippen LogP contribution in [0, 0.1) is 0 Å². The number of benzene rings is 1. The van der Waals surface area contributed by atoms with Gasteiger partial charge in [0.15, 0.2) is 5.96 Å². The van der Waals surface area contributed by atoms with E-state index in [-0.39, 0.29) is 30.1 Å². The van der Waals surface area contributed by atoms with Crippen molar-refractivity contribution in [2.45, 2.75) is 44.8 Å². The number of aliphatic imine (C=N–C) groups is 1. The molecule has 1 aromatic carbocycles. The highest BCUT2D eigenvalue weighted by atomic mass is 127. The van der Waals surface area contributed by atoms with E-state index in [4.69, 9.17) is 4.74 Å². The summed E-state index contributed by atoms with van der Waals surface area (Å²) in [6, 6.07) is 8.18. The van der Waals surface area contributed by atoms with Crippen LogP contribution in [0.5, 0.6) is 5.75 Å². The number of nitrogens with zero attached hydrogens (tertiary/aromatic N) is 1. The number of rotatable bonds is 6. The maximum absolute atomic E-state index is 9.57. The number of halogens is 2. The number of guanidine groups is 1. The number of nitrogens with one attached hydrogen (secondary N) is 2. The van der Waals surface area contributed by atoms with E-state index in [0.29, 0.717) is 19.2 Å². The molecule has 0 spiro atoms. The highest BCUT2D eigenvalue weighted by Crippen LogP contribution is 2.18. The van der Waals surface area contributed by atoms with Crippen molar-refractivity contribution in [3.63, 3.8) is 0 Å². The second kappa shape index (κ2) is 11.9. The van der Waals surface area contributed by atoms with Gasteiger partial charge in [-0.2, -0.15) is 0 Å². The van der Waals surface area contributed by atoms with Gasteiger partial charge in [-0.1, -0.05) is 15.9 Å². The molecule has 24 heavy (non-hydrogen) atoms. The van der Waals surface area contributed by atoms with Gasteiger partial charge in [0.25, 0.3) is 0 Å². The Morgan fingerprint density at radius 1 is 1.25 bits per heavy atom. The predicted octanol–water partition coefficient (Wildman–Crippen LogP) is 3.30. The molecule has 5 nitrogen and oxygen atoms in total. The molecule has 0 heterocycles. The first kappa shape index (κ1) is 21.5. The largest absolute Gasteiger partial charge is 0.492 e. The van der Waals surface area contributed by atoms with Gasteiger partial charge in [0.1, 0.15) is 12.4 Å². The maximum Gasteiger partial charge on any atom is 0.191 e. The minimum absolute atomic E-state index is 0. The first-order chi connectivity index (χ1) is 11.2. The molecule has 0 amide bonds. The van der Waals surface area contributed by atoms with Crippen molar-refractivity contribution in [3.05, 3.63) is 28.7 Å². The van der Waals surface area contributed by atoms with E-state index in [1.807, 2.05) is 24.3 Å². The number of hydrogen-bond acceptors (Lipinski definition) is 3. The minimum Gasteiger partial charge on any atom is -0.492 e. The number of aliphatic hydroxyl groups excluding tert-OH is 1. The van der Waals surface area contributed by atoms with Crippen LogP contribution in [0.3, 0.4) is 0 Å². The molecule has 1 fully saturated rings. The fourth-order valence-electron chi connectivity index (χ4n) is 2.59. The van der Waals surface area contributed by atoms with E-state index < -0.39 is 0 Å². The molecule has 136 valence electrons. The molecule has 3 N–H and O–H groups in total. The monoisotopic (exact) mass is 511 g/mol. The zero-order chi connectivity index (χ0) is 16.5. The van der Waals surface area contributed by atoms with Crippen LogP contribution >= 0.6 is 39.9 Å². The first-order valence-electron chi connectivity index (χ1n) is 8.28. The average molecular weight is 512 g/mol. The smallest absolute Gasteiger partial charge is 0.191 e. The Hall–Kier alpha value is -0.540. The number of hydrogen-bond donors (Lipinski definition) is 3. The molecule has 7 heteroatoms. The molecule has 0 saturated heterocycles. The predicted molar refractivity (Wildman–Crippen MR) is 112 cm³/mol. The molecule has 1 saturated carbocycles. The summed E-state index contributed by atoms with van der Waals surface area (Å²) >= 11 is 3.40. The molecular weight excluding hydrogens is 485 g/mol. The fourth-order valence-corrected chi connectivity index (χ4v) is 2.85. The maximum atomic E-state index is 9.57. The van der Waals surface area contributed by atoms with Crippen molar-refractivity contribution in [1.29, 1.82) is 0 Å².